The van der Waals surface area contributed by atoms with Gasteiger partial charge in [-0.3, -0.25) is 4.99 Å². The molecular weight excluding hydrogens is 344 g/mol. The standard InChI is InChI=1S/C16H26N4O2S2/c1-17-15(18-12-16(5-6-16)13-24(2,21)22)20-9-7-19(8-10-20)14-4-3-11-23-14/h3-4,11H,5-10,12-13H2,1-2H3,(H,17,18). The SMILES string of the molecule is CN=C(NCC1(CS(C)(=O)=O)CC1)N1CCN(c2cccs2)CC1. The average molecular weight is 371 g/mol. The Morgan fingerprint density at radius 2 is 2.04 bits per heavy atom. The van der Waals surface area contributed by atoms with Crippen molar-refractivity contribution in [2.45, 2.75) is 12.8 Å². The van der Waals surface area contributed by atoms with Gasteiger partial charge in [0, 0.05) is 51.4 Å². The number of hydrogen-bond donors (Lipinski definition) is 1. The van der Waals surface area contributed by atoms with Crippen LogP contribution in [0.1, 0.15) is 12.8 Å². The average Bonchev–Trinajstić information content (AvgIpc) is 3.07. The molecule has 3 rings (SSSR count). The lowest BCUT2D eigenvalue weighted by molar-refractivity contribution is 0.368. The van der Waals surface area contributed by atoms with Gasteiger partial charge in [-0.15, -0.1) is 11.3 Å². The molecular formula is C16H26N4O2S2. The predicted octanol–water partition coefficient (Wildman–Crippen LogP) is 1.27. The summed E-state index contributed by atoms with van der Waals surface area (Å²) in [5.41, 5.74) is -0.0810. The molecule has 1 N–H and O–H groups in total. The smallest absolute Gasteiger partial charge is 0.193 e. The lowest BCUT2D eigenvalue weighted by atomic mass is 10.1. The van der Waals surface area contributed by atoms with Crippen molar-refractivity contribution in [3.05, 3.63) is 17.5 Å². The van der Waals surface area contributed by atoms with Gasteiger partial charge in [-0.2, -0.15) is 0 Å². The van der Waals surface area contributed by atoms with Crippen molar-refractivity contribution >= 4 is 32.1 Å². The number of hydrogen-bond acceptors (Lipinski definition) is 5. The third-order valence-corrected chi connectivity index (χ3v) is 6.82. The van der Waals surface area contributed by atoms with Gasteiger partial charge in [0.05, 0.1) is 10.8 Å². The fourth-order valence-electron chi connectivity index (χ4n) is 3.29. The second-order valence-corrected chi connectivity index (χ2v) is 9.96. The molecule has 2 aliphatic rings. The first-order valence-corrected chi connectivity index (χ1v) is 11.3. The summed E-state index contributed by atoms with van der Waals surface area (Å²) < 4.78 is 23.2. The first kappa shape index (κ1) is 17.5. The molecule has 1 saturated carbocycles. The van der Waals surface area contributed by atoms with Gasteiger partial charge in [-0.05, 0) is 30.4 Å². The third-order valence-electron chi connectivity index (χ3n) is 4.76. The minimum atomic E-state index is -2.93. The van der Waals surface area contributed by atoms with E-state index in [1.165, 1.54) is 11.3 Å². The van der Waals surface area contributed by atoms with E-state index < -0.39 is 9.84 Å². The van der Waals surface area contributed by atoms with Crippen molar-refractivity contribution in [1.82, 2.24) is 10.2 Å². The molecule has 1 aliphatic carbocycles. The highest BCUT2D eigenvalue weighted by Crippen LogP contribution is 2.46. The molecule has 2 fully saturated rings. The summed E-state index contributed by atoms with van der Waals surface area (Å²) in [6.07, 6.45) is 3.29. The van der Waals surface area contributed by atoms with E-state index in [1.54, 1.807) is 18.4 Å². The molecule has 1 aromatic rings. The van der Waals surface area contributed by atoms with Gasteiger partial charge < -0.3 is 15.1 Å². The first-order valence-electron chi connectivity index (χ1n) is 8.33. The number of nitrogens with zero attached hydrogens (tertiary/aromatic N) is 3. The zero-order valence-electron chi connectivity index (χ0n) is 14.4. The number of thiophene rings is 1. The van der Waals surface area contributed by atoms with Crippen molar-refractivity contribution < 1.29 is 8.42 Å². The molecule has 2 heterocycles. The monoisotopic (exact) mass is 370 g/mol. The van der Waals surface area contributed by atoms with Gasteiger partial charge >= 0.3 is 0 Å². The Kier molecular flexibility index (Phi) is 5.05. The molecule has 24 heavy (non-hydrogen) atoms. The van der Waals surface area contributed by atoms with Crippen LogP contribution >= 0.6 is 11.3 Å². The summed E-state index contributed by atoms with van der Waals surface area (Å²) in [6.45, 7) is 4.51. The number of sulfone groups is 1. The molecule has 0 aromatic carbocycles. The van der Waals surface area contributed by atoms with Crippen LogP contribution in [0.15, 0.2) is 22.5 Å². The van der Waals surface area contributed by atoms with Crippen LogP contribution in [-0.2, 0) is 9.84 Å². The van der Waals surface area contributed by atoms with Crippen LogP contribution in [0.5, 0.6) is 0 Å². The molecule has 1 aromatic heterocycles. The lowest BCUT2D eigenvalue weighted by Crippen LogP contribution is -2.53. The van der Waals surface area contributed by atoms with E-state index in [0.717, 1.165) is 45.0 Å². The van der Waals surface area contributed by atoms with E-state index in [4.69, 9.17) is 0 Å². The van der Waals surface area contributed by atoms with Gasteiger partial charge in [-0.1, -0.05) is 0 Å². The molecule has 8 heteroatoms. The normalized spacial score (nSPS) is 21.0. The Balaban J connectivity index is 1.51. The second kappa shape index (κ2) is 6.92. The van der Waals surface area contributed by atoms with Crippen LogP contribution in [0.25, 0.3) is 0 Å². The molecule has 0 spiro atoms. The highest BCUT2D eigenvalue weighted by Gasteiger charge is 2.45. The number of aliphatic imine (C=N–C) groups is 1. The fourth-order valence-corrected chi connectivity index (χ4v) is 5.58. The van der Waals surface area contributed by atoms with E-state index in [2.05, 4.69) is 37.6 Å². The summed E-state index contributed by atoms with van der Waals surface area (Å²) in [5.74, 6) is 1.16. The summed E-state index contributed by atoms with van der Waals surface area (Å²) in [4.78, 5) is 9.06. The number of nitrogens with one attached hydrogen (secondary N) is 1. The highest BCUT2D eigenvalue weighted by atomic mass is 32.2. The van der Waals surface area contributed by atoms with Crippen molar-refractivity contribution in [3.63, 3.8) is 0 Å². The topological polar surface area (TPSA) is 65.0 Å². The van der Waals surface area contributed by atoms with Crippen LogP contribution in [0.3, 0.4) is 0 Å². The minimum Gasteiger partial charge on any atom is -0.360 e. The Morgan fingerprint density at radius 3 is 2.54 bits per heavy atom. The Morgan fingerprint density at radius 1 is 1.33 bits per heavy atom. The van der Waals surface area contributed by atoms with Gasteiger partial charge in [0.2, 0.25) is 0 Å². The number of anilines is 1. The molecule has 0 unspecified atom stereocenters. The predicted molar refractivity (Wildman–Crippen MR) is 101 cm³/mol. The maximum absolute atomic E-state index is 11.6. The maximum atomic E-state index is 11.6. The quantitative estimate of drug-likeness (QED) is 0.625. The van der Waals surface area contributed by atoms with Crippen LogP contribution in [0.4, 0.5) is 5.00 Å². The maximum Gasteiger partial charge on any atom is 0.193 e. The summed E-state index contributed by atoms with van der Waals surface area (Å²) in [6, 6.07) is 4.25. The van der Waals surface area contributed by atoms with Gasteiger partial charge in [-0.25, -0.2) is 8.42 Å². The van der Waals surface area contributed by atoms with Crippen LogP contribution in [-0.4, -0.2) is 71.1 Å². The van der Waals surface area contributed by atoms with E-state index in [1.807, 2.05) is 0 Å². The van der Waals surface area contributed by atoms with E-state index in [0.29, 0.717) is 6.54 Å². The molecule has 1 aliphatic heterocycles. The second-order valence-electron chi connectivity index (χ2n) is 6.90. The number of guanidine groups is 1. The van der Waals surface area contributed by atoms with E-state index in [-0.39, 0.29) is 11.2 Å². The first-order chi connectivity index (χ1) is 11.4. The Bertz CT molecular complexity index is 673. The van der Waals surface area contributed by atoms with Gasteiger partial charge in [0.25, 0.3) is 0 Å². The molecule has 0 bridgehead atoms. The third kappa shape index (κ3) is 4.42. The van der Waals surface area contributed by atoms with Crippen molar-refractivity contribution in [1.29, 1.82) is 0 Å². The van der Waals surface area contributed by atoms with Crippen molar-refractivity contribution in [2.75, 3.05) is 56.7 Å². The molecule has 1 saturated heterocycles. The molecule has 6 nitrogen and oxygen atoms in total. The highest BCUT2D eigenvalue weighted by molar-refractivity contribution is 7.90. The van der Waals surface area contributed by atoms with Gasteiger partial charge in [0.1, 0.15) is 9.84 Å². The summed E-state index contributed by atoms with van der Waals surface area (Å²) in [5, 5.41) is 6.84. The van der Waals surface area contributed by atoms with E-state index in [9.17, 15) is 8.42 Å². The minimum absolute atomic E-state index is 0.0810. The largest absolute Gasteiger partial charge is 0.360 e. The summed E-state index contributed by atoms with van der Waals surface area (Å²) >= 11 is 1.78. The zero-order chi connectivity index (χ0) is 17.2. The Hall–Kier alpha value is -1.28. The van der Waals surface area contributed by atoms with Crippen molar-refractivity contribution in [3.8, 4) is 0 Å². The summed E-state index contributed by atoms with van der Waals surface area (Å²) in [7, 11) is -1.13. The van der Waals surface area contributed by atoms with Crippen LogP contribution in [0, 0.1) is 5.41 Å². The fraction of sp³-hybridized carbons (Fsp3) is 0.688. The number of rotatable bonds is 5. The molecule has 134 valence electrons. The molecule has 0 atom stereocenters. The van der Waals surface area contributed by atoms with Gasteiger partial charge in [0.15, 0.2) is 5.96 Å². The number of piperazine rings is 1. The molecule has 0 amide bonds. The van der Waals surface area contributed by atoms with Crippen LogP contribution in [0.2, 0.25) is 0 Å². The van der Waals surface area contributed by atoms with Crippen molar-refractivity contribution in [2.24, 2.45) is 10.4 Å². The van der Waals surface area contributed by atoms with E-state index >= 15 is 0 Å². The lowest BCUT2D eigenvalue weighted by Gasteiger charge is -2.37. The molecule has 0 radical (unpaired) electrons. The zero-order valence-corrected chi connectivity index (χ0v) is 16.0. The Labute approximate surface area is 148 Å². The van der Waals surface area contributed by atoms with Crippen LogP contribution < -0.4 is 10.2 Å².